The highest BCUT2D eigenvalue weighted by Crippen LogP contribution is 2.09. The van der Waals surface area contributed by atoms with E-state index in [1.807, 2.05) is 12.4 Å². The van der Waals surface area contributed by atoms with Crippen LogP contribution in [0.1, 0.15) is 30.4 Å². The molecule has 0 aliphatic carbocycles. The summed E-state index contributed by atoms with van der Waals surface area (Å²) in [6.45, 7) is 0. The molecule has 0 fully saturated rings. The van der Waals surface area contributed by atoms with Crippen LogP contribution in [0, 0.1) is 0 Å². The van der Waals surface area contributed by atoms with Crippen molar-refractivity contribution in [3.05, 3.63) is 66.0 Å². The first-order chi connectivity index (χ1) is 8.45. The van der Waals surface area contributed by atoms with Gasteiger partial charge < -0.3 is 0 Å². The lowest BCUT2D eigenvalue weighted by Crippen LogP contribution is -1.88. The summed E-state index contributed by atoms with van der Waals surface area (Å²) in [7, 11) is 0. The van der Waals surface area contributed by atoms with E-state index in [2.05, 4.69) is 47.4 Å². The van der Waals surface area contributed by atoms with Crippen LogP contribution in [0.5, 0.6) is 0 Å². The fraction of sp³-hybridized carbons (Fsp3) is 0.312. The van der Waals surface area contributed by atoms with Crippen LogP contribution < -0.4 is 0 Å². The van der Waals surface area contributed by atoms with Crippen molar-refractivity contribution in [1.82, 2.24) is 4.98 Å². The molecule has 0 saturated carbocycles. The number of rotatable bonds is 6. The van der Waals surface area contributed by atoms with Gasteiger partial charge in [0.15, 0.2) is 0 Å². The third-order valence-corrected chi connectivity index (χ3v) is 3.02. The van der Waals surface area contributed by atoms with Crippen LogP contribution in [0.25, 0.3) is 0 Å². The van der Waals surface area contributed by atoms with Gasteiger partial charge in [-0.25, -0.2) is 0 Å². The third kappa shape index (κ3) is 4.39. The first-order valence-electron chi connectivity index (χ1n) is 6.38. The quantitative estimate of drug-likeness (QED) is 0.676. The summed E-state index contributed by atoms with van der Waals surface area (Å²) >= 11 is 0. The molecule has 1 aromatic carbocycles. The topological polar surface area (TPSA) is 12.9 Å². The lowest BCUT2D eigenvalue weighted by Gasteiger charge is -2.02. The van der Waals surface area contributed by atoms with Crippen molar-refractivity contribution in [2.24, 2.45) is 0 Å². The molecule has 17 heavy (non-hydrogen) atoms. The van der Waals surface area contributed by atoms with Crippen LogP contribution in [-0.4, -0.2) is 4.98 Å². The van der Waals surface area contributed by atoms with Gasteiger partial charge >= 0.3 is 0 Å². The number of unbranched alkanes of at least 4 members (excludes halogenated alkanes) is 2. The van der Waals surface area contributed by atoms with Gasteiger partial charge in [-0.05, 0) is 48.9 Å². The molecule has 1 nitrogen and oxygen atoms in total. The van der Waals surface area contributed by atoms with E-state index < -0.39 is 0 Å². The van der Waals surface area contributed by atoms with Gasteiger partial charge in [0.1, 0.15) is 0 Å². The Morgan fingerprint density at radius 2 is 1.24 bits per heavy atom. The predicted molar refractivity (Wildman–Crippen MR) is 71.9 cm³/mol. The fourth-order valence-electron chi connectivity index (χ4n) is 2.03. The van der Waals surface area contributed by atoms with Gasteiger partial charge in [-0.1, -0.05) is 36.8 Å². The zero-order chi connectivity index (χ0) is 11.8. The molecule has 88 valence electrons. The normalized spacial score (nSPS) is 10.4. The first-order valence-corrected chi connectivity index (χ1v) is 6.38. The van der Waals surface area contributed by atoms with Crippen LogP contribution in [-0.2, 0) is 12.8 Å². The van der Waals surface area contributed by atoms with Crippen molar-refractivity contribution in [3.63, 3.8) is 0 Å². The van der Waals surface area contributed by atoms with Crippen molar-refractivity contribution >= 4 is 0 Å². The van der Waals surface area contributed by atoms with E-state index in [9.17, 15) is 0 Å². The third-order valence-electron chi connectivity index (χ3n) is 3.02. The van der Waals surface area contributed by atoms with Gasteiger partial charge in [0.25, 0.3) is 0 Å². The molecule has 2 rings (SSSR count). The SMILES string of the molecule is c1ccc(CCCCCc2ccncc2)cc1. The molecule has 0 unspecified atom stereocenters. The Kier molecular flexibility index (Phi) is 4.77. The first kappa shape index (κ1) is 11.8. The second kappa shape index (κ2) is 6.85. The number of aromatic nitrogens is 1. The molecular formula is C16H19N. The van der Waals surface area contributed by atoms with Gasteiger partial charge in [-0.15, -0.1) is 0 Å². The Balaban J connectivity index is 1.61. The number of hydrogen-bond acceptors (Lipinski definition) is 1. The van der Waals surface area contributed by atoms with E-state index in [0.717, 1.165) is 0 Å². The van der Waals surface area contributed by atoms with Crippen LogP contribution in [0.3, 0.4) is 0 Å². The largest absolute Gasteiger partial charge is 0.265 e. The summed E-state index contributed by atoms with van der Waals surface area (Å²) < 4.78 is 0. The molecular weight excluding hydrogens is 206 g/mol. The smallest absolute Gasteiger partial charge is 0.0270 e. The molecule has 1 aromatic heterocycles. The van der Waals surface area contributed by atoms with E-state index in [1.165, 1.54) is 43.2 Å². The predicted octanol–water partition coefficient (Wildman–Crippen LogP) is 4.04. The number of nitrogens with zero attached hydrogens (tertiary/aromatic N) is 1. The van der Waals surface area contributed by atoms with Gasteiger partial charge in [-0.3, -0.25) is 4.98 Å². The highest BCUT2D eigenvalue weighted by atomic mass is 14.6. The van der Waals surface area contributed by atoms with Crippen molar-refractivity contribution in [3.8, 4) is 0 Å². The zero-order valence-electron chi connectivity index (χ0n) is 10.2. The van der Waals surface area contributed by atoms with E-state index in [0.29, 0.717) is 0 Å². The van der Waals surface area contributed by atoms with Crippen LogP contribution in [0.2, 0.25) is 0 Å². The standard InChI is InChI=1S/C16H19N/c1-3-7-15(8-4-1)9-5-2-6-10-16-11-13-17-14-12-16/h1,3-4,7-8,11-14H,2,5-6,9-10H2. The average Bonchev–Trinajstić information content (AvgIpc) is 2.41. The van der Waals surface area contributed by atoms with E-state index in [-0.39, 0.29) is 0 Å². The Hall–Kier alpha value is -1.63. The van der Waals surface area contributed by atoms with Crippen molar-refractivity contribution < 1.29 is 0 Å². The molecule has 0 bridgehead atoms. The van der Waals surface area contributed by atoms with Gasteiger partial charge in [0, 0.05) is 12.4 Å². The fourth-order valence-corrected chi connectivity index (χ4v) is 2.03. The summed E-state index contributed by atoms with van der Waals surface area (Å²) in [5, 5.41) is 0. The van der Waals surface area contributed by atoms with Crippen LogP contribution in [0.15, 0.2) is 54.9 Å². The summed E-state index contributed by atoms with van der Waals surface area (Å²) in [4.78, 5) is 4.03. The molecule has 0 spiro atoms. The molecule has 0 aliphatic rings. The Morgan fingerprint density at radius 3 is 1.88 bits per heavy atom. The molecule has 0 N–H and O–H groups in total. The highest BCUT2D eigenvalue weighted by Gasteiger charge is 1.94. The minimum atomic E-state index is 1.18. The molecule has 0 saturated heterocycles. The maximum absolute atomic E-state index is 4.03. The second-order valence-corrected chi connectivity index (χ2v) is 4.40. The second-order valence-electron chi connectivity index (χ2n) is 4.40. The van der Waals surface area contributed by atoms with Gasteiger partial charge in [0.05, 0.1) is 0 Å². The van der Waals surface area contributed by atoms with E-state index >= 15 is 0 Å². The molecule has 1 heteroatoms. The monoisotopic (exact) mass is 225 g/mol. The van der Waals surface area contributed by atoms with E-state index in [1.54, 1.807) is 0 Å². The number of pyridine rings is 1. The zero-order valence-corrected chi connectivity index (χ0v) is 10.2. The van der Waals surface area contributed by atoms with Crippen LogP contribution in [0.4, 0.5) is 0 Å². The summed E-state index contributed by atoms with van der Waals surface area (Å²) in [5.41, 5.74) is 2.86. The highest BCUT2D eigenvalue weighted by molar-refractivity contribution is 5.14. The Bertz CT molecular complexity index is 367. The van der Waals surface area contributed by atoms with E-state index in [4.69, 9.17) is 0 Å². The van der Waals surface area contributed by atoms with Crippen molar-refractivity contribution in [2.45, 2.75) is 32.1 Å². The number of aryl methyl sites for hydroxylation is 2. The molecule has 0 radical (unpaired) electrons. The molecule has 2 aromatic rings. The molecule has 1 heterocycles. The minimum Gasteiger partial charge on any atom is -0.265 e. The maximum atomic E-state index is 4.03. The average molecular weight is 225 g/mol. The minimum absolute atomic E-state index is 1.18. The number of hydrogen-bond donors (Lipinski definition) is 0. The lowest BCUT2D eigenvalue weighted by molar-refractivity contribution is 0.678. The van der Waals surface area contributed by atoms with Crippen LogP contribution >= 0.6 is 0 Å². The molecule has 0 aliphatic heterocycles. The summed E-state index contributed by atoms with van der Waals surface area (Å²) in [6, 6.07) is 15.0. The Labute approximate surface area is 104 Å². The summed E-state index contributed by atoms with van der Waals surface area (Å²) in [5.74, 6) is 0. The van der Waals surface area contributed by atoms with Gasteiger partial charge in [-0.2, -0.15) is 0 Å². The lowest BCUT2D eigenvalue weighted by atomic mass is 10.0. The summed E-state index contributed by atoms with van der Waals surface area (Å²) in [6.07, 6.45) is 10.00. The Morgan fingerprint density at radius 1 is 0.647 bits per heavy atom. The molecule has 0 atom stereocenters. The molecule has 0 amide bonds. The number of benzene rings is 1. The van der Waals surface area contributed by atoms with Crippen molar-refractivity contribution in [1.29, 1.82) is 0 Å². The van der Waals surface area contributed by atoms with Gasteiger partial charge in [0.2, 0.25) is 0 Å². The van der Waals surface area contributed by atoms with Crippen molar-refractivity contribution in [2.75, 3.05) is 0 Å². The maximum Gasteiger partial charge on any atom is 0.0270 e.